The van der Waals surface area contributed by atoms with Gasteiger partial charge in [0.2, 0.25) is 65.0 Å². The van der Waals surface area contributed by atoms with E-state index < -0.39 is 187 Å². The zero-order valence-corrected chi connectivity index (χ0v) is 49.4. The largest absolute Gasteiger partial charge is 0.458 e. The zero-order valence-electron chi connectivity index (χ0n) is 49.4. The Hall–Kier alpha value is -7.30. The molecule has 15 atom stereocenters. The van der Waals surface area contributed by atoms with Crippen LogP contribution in [0.5, 0.6) is 0 Å². The van der Waals surface area contributed by atoms with E-state index in [4.69, 9.17) is 16.2 Å². The topological polar surface area (TPSA) is 439 Å². The summed E-state index contributed by atoms with van der Waals surface area (Å²) in [7, 11) is 1.58. The van der Waals surface area contributed by atoms with E-state index >= 15 is 0 Å². The van der Waals surface area contributed by atoms with Crippen molar-refractivity contribution in [3.8, 4) is 0 Å². The molecule has 1 aromatic rings. The van der Waals surface area contributed by atoms with Gasteiger partial charge in [0.15, 0.2) is 0 Å². The molecule has 1 aliphatic heterocycles. The Labute approximate surface area is 485 Å². The van der Waals surface area contributed by atoms with Crippen LogP contribution in [0.25, 0.3) is 0 Å². The van der Waals surface area contributed by atoms with Crippen molar-refractivity contribution in [3.63, 3.8) is 0 Å². The summed E-state index contributed by atoms with van der Waals surface area (Å²) in [5.41, 5.74) is 11.9. The van der Waals surface area contributed by atoms with Crippen LogP contribution in [0.4, 0.5) is 0 Å². The van der Waals surface area contributed by atoms with E-state index in [-0.39, 0.29) is 19.3 Å². The maximum atomic E-state index is 14.3. The van der Waals surface area contributed by atoms with Gasteiger partial charge in [0.25, 0.3) is 0 Å². The number of aliphatic hydroxyl groups excluding tert-OH is 2. The van der Waals surface area contributed by atoms with Gasteiger partial charge in [-0.3, -0.25) is 52.7 Å². The molecule has 83 heavy (non-hydrogen) atoms. The first kappa shape index (κ1) is 71.8. The SMILES string of the molecule is CC[C@H](C)[C@H](NC(=O)[C@H](NC(=O)[C@@H](CCC(N)=O)NC(=O)[C@H](CO)NC(=O)[C@H](C)NC(=O)[C@@H](Cc1ccccc1)NC)[C@@H](C)CC)C(=O)N[C@@H](CO)C(=O)N[C@H]1C(=O)N[C@@H](C)C(=O)N[C@@H](CCCCN)C(=O)N[C@@H]([C@@H](C)CC)C(=O)O[C@H]1C. The Morgan fingerprint density at radius 2 is 1.16 bits per heavy atom. The highest BCUT2D eigenvalue weighted by molar-refractivity contribution is 5.99. The van der Waals surface area contributed by atoms with Gasteiger partial charge in [0.05, 0.1) is 19.3 Å². The molecule has 466 valence electrons. The summed E-state index contributed by atoms with van der Waals surface area (Å²) in [5, 5.41) is 48.7. The Bertz CT molecular complexity index is 2370. The third-order valence-corrected chi connectivity index (χ3v) is 14.7. The van der Waals surface area contributed by atoms with Crippen molar-refractivity contribution < 1.29 is 72.5 Å². The minimum Gasteiger partial charge on any atom is -0.458 e. The normalized spacial score (nSPS) is 21.3. The summed E-state index contributed by atoms with van der Waals surface area (Å²) in [6.07, 6.45) is 0.0636. The average molecular weight is 1170 g/mol. The summed E-state index contributed by atoms with van der Waals surface area (Å²) < 4.78 is 5.70. The van der Waals surface area contributed by atoms with Crippen molar-refractivity contribution in [1.29, 1.82) is 0 Å². The smallest absolute Gasteiger partial charge is 0.329 e. The van der Waals surface area contributed by atoms with Gasteiger partial charge >= 0.3 is 5.97 Å². The fraction of sp³-hybridized carbons (Fsp3) is 0.673. The van der Waals surface area contributed by atoms with E-state index in [9.17, 15) is 67.7 Å². The molecule has 0 saturated carbocycles. The highest BCUT2D eigenvalue weighted by Crippen LogP contribution is 2.17. The monoisotopic (exact) mass is 1170 g/mol. The summed E-state index contributed by atoms with van der Waals surface area (Å²) >= 11 is 0. The molecule has 0 bridgehead atoms. The van der Waals surface area contributed by atoms with E-state index in [0.29, 0.717) is 32.2 Å². The van der Waals surface area contributed by atoms with Crippen LogP contribution < -0.4 is 70.0 Å². The van der Waals surface area contributed by atoms with Gasteiger partial charge in [-0.2, -0.15) is 0 Å². The number of nitrogens with one attached hydrogen (secondary N) is 11. The Morgan fingerprint density at radius 1 is 0.627 bits per heavy atom. The molecule has 1 saturated heterocycles. The number of carbonyl (C=O) groups excluding carboxylic acids is 12. The van der Waals surface area contributed by atoms with E-state index in [2.05, 4.69) is 58.5 Å². The zero-order chi connectivity index (χ0) is 62.7. The molecule has 0 radical (unpaired) electrons. The van der Waals surface area contributed by atoms with Crippen molar-refractivity contribution in [3.05, 3.63) is 35.9 Å². The molecule has 28 nitrogen and oxygen atoms in total. The number of aliphatic hydroxyl groups is 2. The molecule has 2 rings (SSSR count). The van der Waals surface area contributed by atoms with Gasteiger partial charge in [0, 0.05) is 6.42 Å². The minimum absolute atomic E-state index is 0.164. The Kier molecular flexibility index (Phi) is 31.4. The number of ether oxygens (including phenoxy) is 1. The van der Waals surface area contributed by atoms with Crippen molar-refractivity contribution >= 4 is 70.9 Å². The molecule has 1 aromatic carbocycles. The van der Waals surface area contributed by atoms with Crippen LogP contribution in [0, 0.1) is 17.8 Å². The standard InChI is InChI=1S/C55H91N13O15/c1-11-28(4)41(52(79)64-39(27-70)51(78)68-44-33(9)83-55(82)43(30(6)13-3)67-47(74)35(21-17-18-24-56)61-45(72)32(8)60-54(44)81)66-53(80)42(29(5)12-2)65-48(75)36(22-23-40(57)71)62-50(77)38(26-69)63-46(73)31(7)59-49(76)37(58-10)25-34-19-15-14-16-20-34/h14-16,19-20,28-33,35-39,41-44,58,69-70H,11-13,17-18,21-27,56H2,1-10H3,(H2,57,71)(H,59,76)(H,60,81)(H,61,72)(H,62,77)(H,63,73)(H,64,79)(H,65,75)(H,66,80)(H,67,74)(H,68,78)/t28-,29-,30-,31-,32-,33-,35-,36+,37+,38-,39-,41-,42+,43-,44+/m0/s1. The number of hydrogen-bond acceptors (Lipinski definition) is 17. The van der Waals surface area contributed by atoms with E-state index in [1.54, 1.807) is 48.6 Å². The summed E-state index contributed by atoms with van der Waals surface area (Å²) in [5.74, 6) is -12.6. The lowest BCUT2D eigenvalue weighted by Crippen LogP contribution is -2.63. The molecule has 17 N–H and O–H groups in total. The molecule has 11 amide bonds. The van der Waals surface area contributed by atoms with Gasteiger partial charge in [0.1, 0.15) is 66.5 Å². The molecule has 28 heteroatoms. The second-order valence-electron chi connectivity index (χ2n) is 21.1. The highest BCUT2D eigenvalue weighted by atomic mass is 16.5. The van der Waals surface area contributed by atoms with Crippen LogP contribution >= 0.6 is 0 Å². The maximum Gasteiger partial charge on any atom is 0.329 e. The highest BCUT2D eigenvalue weighted by Gasteiger charge is 2.40. The number of carbonyl (C=O) groups is 12. The number of unbranched alkanes of at least 4 members (excludes halogenated alkanes) is 1. The van der Waals surface area contributed by atoms with Crippen LogP contribution in [0.2, 0.25) is 0 Å². The number of primary amides is 1. The molecule has 1 aliphatic rings. The van der Waals surface area contributed by atoms with Gasteiger partial charge in [-0.05, 0) is 89.8 Å². The van der Waals surface area contributed by atoms with E-state index in [1.165, 1.54) is 20.8 Å². The third kappa shape index (κ3) is 23.1. The number of esters is 1. The number of likely N-dealkylation sites (N-methyl/N-ethyl adjacent to an activating group) is 1. The second-order valence-corrected chi connectivity index (χ2v) is 21.1. The summed E-state index contributed by atoms with van der Waals surface area (Å²) in [4.78, 5) is 163. The lowest BCUT2D eigenvalue weighted by Gasteiger charge is -2.31. The number of rotatable bonds is 32. The van der Waals surface area contributed by atoms with Crippen LogP contribution in [0.3, 0.4) is 0 Å². The molecule has 0 aromatic heterocycles. The molecule has 0 aliphatic carbocycles. The lowest BCUT2D eigenvalue weighted by atomic mass is 9.94. The van der Waals surface area contributed by atoms with Crippen LogP contribution in [-0.2, 0) is 68.7 Å². The minimum atomic E-state index is -1.81. The molecule has 0 spiro atoms. The molecule has 1 fully saturated rings. The summed E-state index contributed by atoms with van der Waals surface area (Å²) in [6, 6.07) is -6.15. The van der Waals surface area contributed by atoms with Crippen LogP contribution in [0.15, 0.2) is 30.3 Å². The molecule has 1 heterocycles. The van der Waals surface area contributed by atoms with Crippen molar-refractivity contribution in [2.45, 2.75) is 193 Å². The van der Waals surface area contributed by atoms with Gasteiger partial charge in [-0.15, -0.1) is 0 Å². The first-order valence-electron chi connectivity index (χ1n) is 28.4. The number of nitrogens with two attached hydrogens (primary N) is 2. The average Bonchev–Trinajstić information content (AvgIpc) is 3.46. The maximum absolute atomic E-state index is 14.3. The number of hydrogen-bond donors (Lipinski definition) is 15. The Morgan fingerprint density at radius 3 is 1.70 bits per heavy atom. The quantitative estimate of drug-likeness (QED) is 0.0243. The Balaban J connectivity index is 2.35. The van der Waals surface area contributed by atoms with E-state index in [1.807, 2.05) is 30.3 Å². The van der Waals surface area contributed by atoms with Gasteiger partial charge in [-0.25, -0.2) is 4.79 Å². The molecular formula is C55H91N13O15. The van der Waals surface area contributed by atoms with E-state index in [0.717, 1.165) is 5.56 Å². The van der Waals surface area contributed by atoms with Crippen molar-refractivity contribution in [2.24, 2.45) is 29.2 Å². The molecule has 0 unspecified atom stereocenters. The molecular weight excluding hydrogens is 1080 g/mol. The first-order chi connectivity index (χ1) is 39.2. The third-order valence-electron chi connectivity index (χ3n) is 14.7. The first-order valence-corrected chi connectivity index (χ1v) is 28.4. The van der Waals surface area contributed by atoms with Crippen molar-refractivity contribution in [1.82, 2.24) is 58.5 Å². The fourth-order valence-electron chi connectivity index (χ4n) is 8.55. The number of cyclic esters (lactones) is 1. The predicted octanol–water partition coefficient (Wildman–Crippen LogP) is -3.83. The lowest BCUT2D eigenvalue weighted by molar-refractivity contribution is -0.157. The van der Waals surface area contributed by atoms with Gasteiger partial charge < -0.3 is 84.9 Å². The second kappa shape index (κ2) is 36.3. The fourth-order valence-corrected chi connectivity index (χ4v) is 8.55. The predicted molar refractivity (Wildman–Crippen MR) is 303 cm³/mol. The number of amides is 11. The van der Waals surface area contributed by atoms with Crippen LogP contribution in [-0.4, -0.2) is 181 Å². The van der Waals surface area contributed by atoms with Gasteiger partial charge in [-0.1, -0.05) is 91.1 Å². The number of benzene rings is 1. The van der Waals surface area contributed by atoms with Crippen molar-refractivity contribution in [2.75, 3.05) is 26.8 Å². The summed E-state index contributed by atoms with van der Waals surface area (Å²) in [6.45, 7) is 12.4. The van der Waals surface area contributed by atoms with Crippen LogP contribution in [0.1, 0.15) is 119 Å².